The summed E-state index contributed by atoms with van der Waals surface area (Å²) in [7, 11) is 1.71. The lowest BCUT2D eigenvalue weighted by Crippen LogP contribution is -2.49. The summed E-state index contributed by atoms with van der Waals surface area (Å²) in [6.07, 6.45) is 7.00. The minimum absolute atomic E-state index is 0.0510. The van der Waals surface area contributed by atoms with Gasteiger partial charge in [-0.2, -0.15) is 0 Å². The molecule has 1 aliphatic heterocycles. The van der Waals surface area contributed by atoms with E-state index in [9.17, 15) is 9.59 Å². The molecule has 1 amide bonds. The molecular weight excluding hydrogens is 270 g/mol. The molecule has 0 bridgehead atoms. The second-order valence-electron chi connectivity index (χ2n) is 6.04. The van der Waals surface area contributed by atoms with Crippen LogP contribution in [0.3, 0.4) is 0 Å². The van der Waals surface area contributed by atoms with E-state index in [-0.39, 0.29) is 30.1 Å². The molecule has 2 rings (SSSR count). The smallest absolute Gasteiger partial charge is 0.329 e. The maximum atomic E-state index is 12.4. The number of piperidine rings is 1. The number of amides is 1. The molecule has 0 radical (unpaired) electrons. The fraction of sp³-hybridized carbons (Fsp3) is 0.875. The highest BCUT2D eigenvalue weighted by Gasteiger charge is 2.34. The third-order valence-electron chi connectivity index (χ3n) is 4.59. The Labute approximate surface area is 127 Å². The Morgan fingerprint density at radius 1 is 1.10 bits per heavy atom. The van der Waals surface area contributed by atoms with Gasteiger partial charge in [-0.3, -0.25) is 4.79 Å². The van der Waals surface area contributed by atoms with Gasteiger partial charge in [0.2, 0.25) is 5.91 Å². The summed E-state index contributed by atoms with van der Waals surface area (Å²) in [4.78, 5) is 26.1. The van der Waals surface area contributed by atoms with Crippen molar-refractivity contribution in [2.45, 2.75) is 76.5 Å². The van der Waals surface area contributed by atoms with E-state index in [4.69, 9.17) is 9.47 Å². The molecule has 120 valence electrons. The van der Waals surface area contributed by atoms with Crippen molar-refractivity contribution in [3.63, 3.8) is 0 Å². The van der Waals surface area contributed by atoms with Crippen molar-refractivity contribution in [2.75, 3.05) is 13.7 Å². The van der Waals surface area contributed by atoms with E-state index >= 15 is 0 Å². The number of rotatable bonds is 4. The number of methoxy groups -OCH3 is 1. The largest absolute Gasteiger partial charge is 0.461 e. The molecule has 1 saturated heterocycles. The molecule has 0 spiro atoms. The maximum Gasteiger partial charge on any atom is 0.329 e. The summed E-state index contributed by atoms with van der Waals surface area (Å²) in [5.41, 5.74) is 0. The summed E-state index contributed by atoms with van der Waals surface area (Å²) >= 11 is 0. The maximum absolute atomic E-state index is 12.4. The second-order valence-corrected chi connectivity index (χ2v) is 6.04. The predicted octanol–water partition coefficient (Wildman–Crippen LogP) is 2.28. The standard InChI is InChI=1S/C16H27NO4/c1-3-15(18)17-10-5-4-9-14(17)16(19)21-13-8-6-7-12(11-13)20-2/h12-14H,3-11H2,1-2H3/t12-,13-,14+/m0/s1. The molecular formula is C16H27NO4. The van der Waals surface area contributed by atoms with Crippen LogP contribution in [-0.4, -0.2) is 48.7 Å². The Hall–Kier alpha value is -1.10. The van der Waals surface area contributed by atoms with Gasteiger partial charge >= 0.3 is 5.97 Å². The van der Waals surface area contributed by atoms with Gasteiger partial charge in [-0.15, -0.1) is 0 Å². The fourth-order valence-electron chi connectivity index (χ4n) is 3.34. The van der Waals surface area contributed by atoms with Crippen molar-refractivity contribution >= 4 is 11.9 Å². The zero-order valence-corrected chi connectivity index (χ0v) is 13.2. The molecule has 2 aliphatic rings. The summed E-state index contributed by atoms with van der Waals surface area (Å²) in [6, 6.07) is -0.380. The molecule has 2 fully saturated rings. The molecule has 1 aliphatic carbocycles. The number of hydrogen-bond acceptors (Lipinski definition) is 4. The number of carbonyl (C=O) groups is 2. The van der Waals surface area contributed by atoms with Crippen LogP contribution < -0.4 is 0 Å². The quantitative estimate of drug-likeness (QED) is 0.747. The van der Waals surface area contributed by atoms with E-state index in [2.05, 4.69) is 0 Å². The molecule has 0 aromatic heterocycles. The summed E-state index contributed by atoms with van der Waals surface area (Å²) in [5, 5.41) is 0. The van der Waals surface area contributed by atoms with Crippen LogP contribution in [0, 0.1) is 0 Å². The van der Waals surface area contributed by atoms with Gasteiger partial charge in [0.25, 0.3) is 0 Å². The first-order chi connectivity index (χ1) is 10.2. The lowest BCUT2D eigenvalue weighted by Gasteiger charge is -2.36. The van der Waals surface area contributed by atoms with E-state index in [1.54, 1.807) is 12.0 Å². The Bertz CT molecular complexity index is 371. The number of nitrogens with zero attached hydrogens (tertiary/aromatic N) is 1. The van der Waals surface area contributed by atoms with Crippen LogP contribution in [0.1, 0.15) is 58.3 Å². The van der Waals surface area contributed by atoms with Gasteiger partial charge < -0.3 is 14.4 Å². The third kappa shape index (κ3) is 4.19. The normalized spacial score (nSPS) is 30.0. The average Bonchev–Trinajstić information content (AvgIpc) is 2.54. The minimum atomic E-state index is -0.380. The molecule has 5 heteroatoms. The lowest BCUT2D eigenvalue weighted by molar-refractivity contribution is -0.164. The molecule has 0 N–H and O–H groups in total. The van der Waals surface area contributed by atoms with E-state index in [1.807, 2.05) is 6.92 Å². The zero-order valence-electron chi connectivity index (χ0n) is 13.2. The number of hydrogen-bond donors (Lipinski definition) is 0. The van der Waals surface area contributed by atoms with Crippen LogP contribution in [0.15, 0.2) is 0 Å². The lowest BCUT2D eigenvalue weighted by atomic mass is 9.94. The summed E-state index contributed by atoms with van der Waals surface area (Å²) in [6.45, 7) is 2.52. The number of esters is 1. The average molecular weight is 297 g/mol. The van der Waals surface area contributed by atoms with Crippen molar-refractivity contribution in [3.05, 3.63) is 0 Å². The van der Waals surface area contributed by atoms with Gasteiger partial charge in [-0.1, -0.05) is 6.92 Å². The molecule has 0 aromatic carbocycles. The highest BCUT2D eigenvalue weighted by Crippen LogP contribution is 2.25. The first-order valence-electron chi connectivity index (χ1n) is 8.18. The van der Waals surface area contributed by atoms with Crippen molar-refractivity contribution in [1.82, 2.24) is 4.90 Å². The van der Waals surface area contributed by atoms with E-state index < -0.39 is 0 Å². The van der Waals surface area contributed by atoms with E-state index in [0.29, 0.717) is 13.0 Å². The number of likely N-dealkylation sites (tertiary alicyclic amines) is 1. The van der Waals surface area contributed by atoms with Gasteiger partial charge in [-0.25, -0.2) is 4.79 Å². The van der Waals surface area contributed by atoms with Crippen LogP contribution in [0.25, 0.3) is 0 Å². The van der Waals surface area contributed by atoms with Crippen LogP contribution in [-0.2, 0) is 19.1 Å². The first-order valence-corrected chi connectivity index (χ1v) is 8.18. The van der Waals surface area contributed by atoms with Crippen molar-refractivity contribution in [3.8, 4) is 0 Å². The topological polar surface area (TPSA) is 55.8 Å². The van der Waals surface area contributed by atoms with Crippen LogP contribution >= 0.6 is 0 Å². The van der Waals surface area contributed by atoms with Gasteiger partial charge in [-0.05, 0) is 38.5 Å². The SMILES string of the molecule is CCC(=O)N1CCCC[C@@H]1C(=O)O[C@H]1CCC[C@H](OC)C1. The number of ether oxygens (including phenoxy) is 2. The van der Waals surface area contributed by atoms with Crippen LogP contribution in [0.4, 0.5) is 0 Å². The molecule has 1 saturated carbocycles. The summed E-state index contributed by atoms with van der Waals surface area (Å²) in [5.74, 6) is -0.173. The van der Waals surface area contributed by atoms with Gasteiger partial charge in [0.1, 0.15) is 12.1 Å². The van der Waals surface area contributed by atoms with Crippen molar-refractivity contribution in [1.29, 1.82) is 0 Å². The van der Waals surface area contributed by atoms with Gasteiger partial charge in [0.05, 0.1) is 6.10 Å². The number of carbonyl (C=O) groups excluding carboxylic acids is 2. The highest BCUT2D eigenvalue weighted by molar-refractivity contribution is 5.84. The minimum Gasteiger partial charge on any atom is -0.461 e. The van der Waals surface area contributed by atoms with E-state index in [1.165, 1.54) is 0 Å². The second kappa shape index (κ2) is 7.78. The van der Waals surface area contributed by atoms with Gasteiger partial charge in [0.15, 0.2) is 0 Å². The molecule has 0 aromatic rings. The fourth-order valence-corrected chi connectivity index (χ4v) is 3.34. The third-order valence-corrected chi connectivity index (χ3v) is 4.59. The predicted molar refractivity (Wildman–Crippen MR) is 78.8 cm³/mol. The van der Waals surface area contributed by atoms with Crippen LogP contribution in [0.5, 0.6) is 0 Å². The molecule has 1 heterocycles. The van der Waals surface area contributed by atoms with E-state index in [0.717, 1.165) is 44.9 Å². The van der Waals surface area contributed by atoms with Gasteiger partial charge in [0, 0.05) is 26.5 Å². The molecule has 3 atom stereocenters. The van der Waals surface area contributed by atoms with Crippen LogP contribution in [0.2, 0.25) is 0 Å². The molecule has 21 heavy (non-hydrogen) atoms. The molecule has 5 nitrogen and oxygen atoms in total. The Morgan fingerprint density at radius 2 is 1.86 bits per heavy atom. The Morgan fingerprint density at radius 3 is 2.57 bits per heavy atom. The van der Waals surface area contributed by atoms with Crippen molar-refractivity contribution in [2.24, 2.45) is 0 Å². The monoisotopic (exact) mass is 297 g/mol. The van der Waals surface area contributed by atoms with Crippen molar-refractivity contribution < 1.29 is 19.1 Å². The Kier molecular flexibility index (Phi) is 6.03. The first kappa shape index (κ1) is 16.3. The highest BCUT2D eigenvalue weighted by atomic mass is 16.5. The summed E-state index contributed by atoms with van der Waals surface area (Å²) < 4.78 is 11.0. The molecule has 0 unspecified atom stereocenters. The zero-order chi connectivity index (χ0) is 15.2. The Balaban J connectivity index is 1.92.